The number of hydrogen-bond donors (Lipinski definition) is 3. The average molecular weight is 339 g/mol. The first-order valence-corrected chi connectivity index (χ1v) is 8.99. The van der Waals surface area contributed by atoms with Crippen molar-refractivity contribution in [1.82, 2.24) is 20.2 Å². The Kier molecular flexibility index (Phi) is 3.61. The predicted octanol–water partition coefficient (Wildman–Crippen LogP) is 3.34. The molecule has 0 radical (unpaired) electrons. The molecule has 0 saturated carbocycles. The van der Waals surface area contributed by atoms with Crippen molar-refractivity contribution in [3.63, 3.8) is 0 Å². The van der Waals surface area contributed by atoms with Crippen LogP contribution in [-0.2, 0) is 11.8 Å². The van der Waals surface area contributed by atoms with Gasteiger partial charge in [-0.25, -0.2) is 4.98 Å². The number of aromatic nitrogens is 4. The first kappa shape index (κ1) is 16.1. The van der Waals surface area contributed by atoms with Crippen molar-refractivity contribution in [1.29, 1.82) is 0 Å². The number of rotatable bonds is 4. The fourth-order valence-corrected chi connectivity index (χ4v) is 3.80. The largest absolute Gasteiger partial charge is 0.373 e. The van der Waals surface area contributed by atoms with Crippen LogP contribution in [0.1, 0.15) is 45.4 Å². The molecule has 0 bridgehead atoms. The number of benzene rings is 1. The number of fused-ring (bicyclic) bond motifs is 2. The van der Waals surface area contributed by atoms with Crippen molar-refractivity contribution >= 4 is 16.7 Å². The monoisotopic (exact) mass is 339 g/mol. The van der Waals surface area contributed by atoms with Crippen LogP contribution in [0, 0.1) is 0 Å². The van der Waals surface area contributed by atoms with Crippen molar-refractivity contribution < 1.29 is 5.11 Å². The van der Waals surface area contributed by atoms with E-state index in [1.54, 1.807) is 0 Å². The number of aromatic amines is 2. The number of aryl methyl sites for hydroxylation is 1. The molecule has 3 N–H and O–H groups in total. The number of aliphatic hydroxyl groups is 1. The SMILES string of the molecule is CCCc1cc(-c2nc3cc4c(cc3[nH]2)C(C)(C)C(O)N4CC)n[nH]1. The highest BCUT2D eigenvalue weighted by molar-refractivity contribution is 5.86. The zero-order valence-electron chi connectivity index (χ0n) is 15.2. The Labute approximate surface area is 147 Å². The fourth-order valence-electron chi connectivity index (χ4n) is 3.80. The summed E-state index contributed by atoms with van der Waals surface area (Å²) >= 11 is 0. The molecule has 3 heterocycles. The molecule has 4 rings (SSSR count). The molecule has 1 aromatic carbocycles. The lowest BCUT2D eigenvalue weighted by Gasteiger charge is -2.28. The van der Waals surface area contributed by atoms with Crippen LogP contribution in [0.15, 0.2) is 18.2 Å². The number of likely N-dealkylation sites (N-methyl/N-ethyl adjacent to an activating group) is 1. The summed E-state index contributed by atoms with van der Waals surface area (Å²) in [6.45, 7) is 9.15. The fraction of sp³-hybridized carbons (Fsp3) is 0.474. The maximum atomic E-state index is 10.6. The van der Waals surface area contributed by atoms with Crippen LogP contribution in [0.25, 0.3) is 22.6 Å². The summed E-state index contributed by atoms with van der Waals surface area (Å²) in [6.07, 6.45) is 1.55. The van der Waals surface area contributed by atoms with Crippen molar-refractivity contribution in [2.45, 2.75) is 52.2 Å². The molecule has 0 fully saturated rings. The van der Waals surface area contributed by atoms with E-state index in [2.05, 4.69) is 61.1 Å². The molecule has 3 aromatic rings. The van der Waals surface area contributed by atoms with Gasteiger partial charge in [-0.3, -0.25) is 5.10 Å². The van der Waals surface area contributed by atoms with E-state index in [0.29, 0.717) is 0 Å². The summed E-state index contributed by atoms with van der Waals surface area (Å²) in [7, 11) is 0. The Bertz CT molecular complexity index is 923. The number of aliphatic hydroxyl groups excluding tert-OH is 1. The molecule has 0 saturated heterocycles. The molecule has 0 aliphatic carbocycles. The summed E-state index contributed by atoms with van der Waals surface area (Å²) in [5.74, 6) is 0.777. The van der Waals surface area contributed by atoms with Crippen LogP contribution in [-0.4, -0.2) is 38.0 Å². The minimum atomic E-state index is -0.513. The first-order valence-electron chi connectivity index (χ1n) is 8.99. The summed E-state index contributed by atoms with van der Waals surface area (Å²) in [5, 5.41) is 18.1. The standard InChI is InChI=1S/C19H25N5O/c1-5-7-11-8-15(23-22-11)17-20-13-9-12-16(10-14(13)21-17)24(6-2)18(25)19(12,3)4/h8-10,18,25H,5-7H2,1-4H3,(H,20,21)(H,22,23). The Hall–Kier alpha value is -2.34. The number of nitrogens with zero attached hydrogens (tertiary/aromatic N) is 3. The third-order valence-electron chi connectivity index (χ3n) is 5.28. The van der Waals surface area contributed by atoms with Gasteiger partial charge in [0.05, 0.1) is 11.0 Å². The molecule has 1 atom stereocenters. The highest BCUT2D eigenvalue weighted by Crippen LogP contribution is 2.45. The van der Waals surface area contributed by atoms with Crippen LogP contribution < -0.4 is 4.90 Å². The molecule has 0 spiro atoms. The van der Waals surface area contributed by atoms with E-state index in [4.69, 9.17) is 4.98 Å². The third kappa shape index (κ3) is 2.35. The highest BCUT2D eigenvalue weighted by atomic mass is 16.3. The molecule has 25 heavy (non-hydrogen) atoms. The second-order valence-corrected chi connectivity index (χ2v) is 7.38. The molecule has 6 nitrogen and oxygen atoms in total. The summed E-state index contributed by atoms with van der Waals surface area (Å²) < 4.78 is 0. The van der Waals surface area contributed by atoms with Crippen LogP contribution >= 0.6 is 0 Å². The van der Waals surface area contributed by atoms with Gasteiger partial charge in [0, 0.05) is 23.3 Å². The van der Waals surface area contributed by atoms with Gasteiger partial charge in [0.25, 0.3) is 0 Å². The zero-order valence-corrected chi connectivity index (χ0v) is 15.2. The molecule has 1 aliphatic rings. The van der Waals surface area contributed by atoms with E-state index in [-0.39, 0.29) is 5.41 Å². The van der Waals surface area contributed by atoms with Crippen LogP contribution in [0.3, 0.4) is 0 Å². The average Bonchev–Trinajstić information content (AvgIpc) is 3.24. The van der Waals surface area contributed by atoms with Gasteiger partial charge >= 0.3 is 0 Å². The molecule has 132 valence electrons. The van der Waals surface area contributed by atoms with Gasteiger partial charge in [0.2, 0.25) is 0 Å². The number of nitrogens with one attached hydrogen (secondary N) is 2. The number of imidazole rings is 1. The molecule has 1 unspecified atom stereocenters. The Morgan fingerprint density at radius 3 is 2.76 bits per heavy atom. The lowest BCUT2D eigenvalue weighted by Crippen LogP contribution is -2.41. The Morgan fingerprint density at radius 1 is 1.24 bits per heavy atom. The first-order chi connectivity index (χ1) is 12.0. The molecule has 1 aliphatic heterocycles. The minimum absolute atomic E-state index is 0.314. The van der Waals surface area contributed by atoms with Crippen molar-refractivity contribution in [2.75, 3.05) is 11.4 Å². The van der Waals surface area contributed by atoms with Gasteiger partial charge in [-0.15, -0.1) is 0 Å². The number of H-pyrrole nitrogens is 2. The number of hydrogen-bond acceptors (Lipinski definition) is 4. The maximum Gasteiger partial charge on any atom is 0.159 e. The van der Waals surface area contributed by atoms with Gasteiger partial charge < -0.3 is 15.0 Å². The quantitative estimate of drug-likeness (QED) is 0.681. The summed E-state index contributed by atoms with van der Waals surface area (Å²) in [5.41, 5.74) is 5.75. The Morgan fingerprint density at radius 2 is 2.04 bits per heavy atom. The molecular formula is C19H25N5O. The van der Waals surface area contributed by atoms with E-state index in [1.807, 2.05) is 4.90 Å². The lowest BCUT2D eigenvalue weighted by atomic mass is 9.85. The second kappa shape index (κ2) is 5.59. The number of anilines is 1. The van der Waals surface area contributed by atoms with E-state index in [9.17, 15) is 5.11 Å². The normalized spacial score (nSPS) is 18.9. The summed E-state index contributed by atoms with van der Waals surface area (Å²) in [6, 6.07) is 6.26. The smallest absolute Gasteiger partial charge is 0.159 e. The molecular weight excluding hydrogens is 314 g/mol. The second-order valence-electron chi connectivity index (χ2n) is 7.38. The maximum absolute atomic E-state index is 10.6. The zero-order chi connectivity index (χ0) is 17.8. The van der Waals surface area contributed by atoms with Crippen molar-refractivity contribution in [3.8, 4) is 11.5 Å². The van der Waals surface area contributed by atoms with Crippen LogP contribution in [0.5, 0.6) is 0 Å². The lowest BCUT2D eigenvalue weighted by molar-refractivity contribution is 0.110. The van der Waals surface area contributed by atoms with Gasteiger partial charge in [-0.1, -0.05) is 27.2 Å². The van der Waals surface area contributed by atoms with Crippen molar-refractivity contribution in [3.05, 3.63) is 29.5 Å². The van der Waals surface area contributed by atoms with Crippen LogP contribution in [0.4, 0.5) is 5.69 Å². The molecule has 6 heteroatoms. The predicted molar refractivity (Wildman–Crippen MR) is 99.7 cm³/mol. The van der Waals surface area contributed by atoms with Gasteiger partial charge in [0.15, 0.2) is 5.82 Å². The Balaban J connectivity index is 1.80. The summed E-state index contributed by atoms with van der Waals surface area (Å²) in [4.78, 5) is 10.2. The van der Waals surface area contributed by atoms with E-state index in [1.165, 1.54) is 0 Å². The van der Waals surface area contributed by atoms with Gasteiger partial charge in [0.1, 0.15) is 11.9 Å². The van der Waals surface area contributed by atoms with Gasteiger partial charge in [-0.05, 0) is 37.1 Å². The molecule has 0 amide bonds. The molecule has 2 aromatic heterocycles. The van der Waals surface area contributed by atoms with Crippen molar-refractivity contribution in [2.24, 2.45) is 0 Å². The minimum Gasteiger partial charge on any atom is -0.373 e. The van der Waals surface area contributed by atoms with Gasteiger partial charge in [-0.2, -0.15) is 5.10 Å². The van der Waals surface area contributed by atoms with Crippen LogP contribution in [0.2, 0.25) is 0 Å². The van der Waals surface area contributed by atoms with E-state index >= 15 is 0 Å². The highest BCUT2D eigenvalue weighted by Gasteiger charge is 2.43. The van der Waals surface area contributed by atoms with E-state index in [0.717, 1.165) is 58.9 Å². The van der Waals surface area contributed by atoms with E-state index < -0.39 is 6.23 Å². The third-order valence-corrected chi connectivity index (χ3v) is 5.28. The topological polar surface area (TPSA) is 80.8 Å².